The Kier molecular flexibility index (Phi) is 9.19. The van der Waals surface area contributed by atoms with E-state index in [0.717, 1.165) is 74.0 Å². The number of rotatable bonds is 9. The molecule has 0 radical (unpaired) electrons. The highest BCUT2D eigenvalue weighted by Crippen LogP contribution is 2.32. The number of ether oxygens (including phenoxy) is 1. The van der Waals surface area contributed by atoms with Gasteiger partial charge in [-0.05, 0) is 117 Å². The Balaban J connectivity index is 1.36. The summed E-state index contributed by atoms with van der Waals surface area (Å²) >= 11 is 0. The summed E-state index contributed by atoms with van der Waals surface area (Å²) in [5.74, 6) is 7.77. The van der Waals surface area contributed by atoms with Gasteiger partial charge in [0.25, 0.3) is 0 Å². The van der Waals surface area contributed by atoms with Crippen molar-refractivity contribution in [3.05, 3.63) is 70.9 Å². The molecular formula is C32H38N2O3. The van der Waals surface area contributed by atoms with E-state index in [1.807, 2.05) is 18.3 Å². The Bertz CT molecular complexity index is 1270. The molecule has 5 nitrogen and oxygen atoms in total. The number of methoxy groups -OCH3 is 1. The predicted octanol–water partition coefficient (Wildman–Crippen LogP) is 6.04. The number of hydrogen-bond acceptors (Lipinski definition) is 4. The number of aromatic nitrogens is 1. The molecule has 0 bridgehead atoms. The molecule has 1 N–H and O–H groups in total. The van der Waals surface area contributed by atoms with Crippen molar-refractivity contribution in [3.8, 4) is 17.6 Å². The molecular weight excluding hydrogens is 460 g/mol. The molecule has 4 rings (SSSR count). The van der Waals surface area contributed by atoms with E-state index in [-0.39, 0.29) is 6.42 Å². The summed E-state index contributed by atoms with van der Waals surface area (Å²) in [6.45, 7) is 6.88. The summed E-state index contributed by atoms with van der Waals surface area (Å²) in [5, 5.41) is 10.5. The molecule has 1 aliphatic rings. The minimum absolute atomic E-state index is 0.234. The number of carboxylic acids is 1. The highest BCUT2D eigenvalue weighted by atomic mass is 16.5. The Morgan fingerprint density at radius 1 is 1.11 bits per heavy atom. The van der Waals surface area contributed by atoms with Crippen molar-refractivity contribution in [1.29, 1.82) is 0 Å². The number of aliphatic carboxylic acids is 1. The van der Waals surface area contributed by atoms with Crippen molar-refractivity contribution >= 4 is 16.9 Å². The summed E-state index contributed by atoms with van der Waals surface area (Å²) in [4.78, 5) is 18.2. The highest BCUT2D eigenvalue weighted by molar-refractivity contribution is 5.83. The van der Waals surface area contributed by atoms with Gasteiger partial charge in [0.2, 0.25) is 0 Å². The largest absolute Gasteiger partial charge is 0.497 e. The first-order chi connectivity index (χ1) is 17.9. The summed E-state index contributed by atoms with van der Waals surface area (Å²) in [7, 11) is 1.69. The second kappa shape index (κ2) is 12.7. The van der Waals surface area contributed by atoms with E-state index in [2.05, 4.69) is 65.9 Å². The average molecular weight is 499 g/mol. The Morgan fingerprint density at radius 2 is 1.92 bits per heavy atom. The summed E-state index contributed by atoms with van der Waals surface area (Å²) in [5.41, 5.74) is 5.82. The second-order valence-corrected chi connectivity index (χ2v) is 10.4. The molecule has 2 aromatic carbocycles. The maximum Gasteiger partial charge on any atom is 0.303 e. The zero-order chi connectivity index (χ0) is 26.2. The normalized spacial score (nSPS) is 17.8. The van der Waals surface area contributed by atoms with Crippen LogP contribution in [0, 0.1) is 37.5 Å². The van der Waals surface area contributed by atoms with Crippen LogP contribution in [-0.4, -0.2) is 47.7 Å². The predicted molar refractivity (Wildman–Crippen MR) is 149 cm³/mol. The number of likely N-dealkylation sites (tertiary alicyclic amines) is 1. The zero-order valence-electron chi connectivity index (χ0n) is 22.3. The van der Waals surface area contributed by atoms with Crippen LogP contribution in [0.25, 0.3) is 10.9 Å². The van der Waals surface area contributed by atoms with E-state index in [1.54, 1.807) is 7.11 Å². The van der Waals surface area contributed by atoms with Gasteiger partial charge in [0, 0.05) is 30.1 Å². The van der Waals surface area contributed by atoms with Crippen LogP contribution in [0.2, 0.25) is 0 Å². The number of fused-ring (bicyclic) bond motifs is 1. The van der Waals surface area contributed by atoms with E-state index < -0.39 is 5.97 Å². The van der Waals surface area contributed by atoms with Gasteiger partial charge in [-0.2, -0.15) is 0 Å². The number of hydrogen-bond donors (Lipinski definition) is 1. The summed E-state index contributed by atoms with van der Waals surface area (Å²) < 4.78 is 5.42. The van der Waals surface area contributed by atoms with Crippen LogP contribution in [0.1, 0.15) is 54.4 Å². The minimum atomic E-state index is -0.706. The van der Waals surface area contributed by atoms with Crippen LogP contribution in [0.15, 0.2) is 48.7 Å². The highest BCUT2D eigenvalue weighted by Gasteiger charge is 2.29. The molecule has 1 saturated heterocycles. The number of carboxylic acid groups (broad SMARTS) is 1. The molecule has 5 heteroatoms. The zero-order valence-corrected chi connectivity index (χ0v) is 22.3. The molecule has 194 valence electrons. The molecule has 1 aromatic heterocycles. The van der Waals surface area contributed by atoms with E-state index in [9.17, 15) is 9.90 Å². The number of pyridine rings is 1. The maximum atomic E-state index is 11.3. The van der Waals surface area contributed by atoms with Gasteiger partial charge in [0.05, 0.1) is 19.2 Å². The number of benzene rings is 2. The first-order valence-electron chi connectivity index (χ1n) is 13.3. The lowest BCUT2D eigenvalue weighted by atomic mass is 9.79. The third kappa shape index (κ3) is 7.57. The van der Waals surface area contributed by atoms with Crippen LogP contribution in [0.3, 0.4) is 0 Å². The molecule has 1 fully saturated rings. The molecule has 0 amide bonds. The molecule has 2 heterocycles. The third-order valence-corrected chi connectivity index (χ3v) is 7.52. The Morgan fingerprint density at radius 3 is 2.68 bits per heavy atom. The maximum absolute atomic E-state index is 11.3. The lowest BCUT2D eigenvalue weighted by molar-refractivity contribution is -0.137. The fraction of sp³-hybridized carbons (Fsp3) is 0.438. The fourth-order valence-corrected chi connectivity index (χ4v) is 5.70. The second-order valence-electron chi connectivity index (χ2n) is 10.4. The van der Waals surface area contributed by atoms with Crippen molar-refractivity contribution in [2.45, 2.75) is 52.4 Å². The van der Waals surface area contributed by atoms with Crippen molar-refractivity contribution in [2.24, 2.45) is 11.8 Å². The fourth-order valence-electron chi connectivity index (χ4n) is 5.70. The van der Waals surface area contributed by atoms with E-state index in [1.165, 1.54) is 16.7 Å². The van der Waals surface area contributed by atoms with Gasteiger partial charge in [-0.1, -0.05) is 17.9 Å². The van der Waals surface area contributed by atoms with Crippen molar-refractivity contribution in [3.63, 3.8) is 0 Å². The minimum Gasteiger partial charge on any atom is -0.497 e. The average Bonchev–Trinajstić information content (AvgIpc) is 2.87. The van der Waals surface area contributed by atoms with Crippen LogP contribution in [-0.2, 0) is 11.2 Å². The van der Waals surface area contributed by atoms with E-state index in [4.69, 9.17) is 4.74 Å². The van der Waals surface area contributed by atoms with E-state index >= 15 is 0 Å². The van der Waals surface area contributed by atoms with E-state index in [0.29, 0.717) is 11.8 Å². The lowest BCUT2D eigenvalue weighted by Crippen LogP contribution is -2.41. The Labute approximate surface area is 220 Å². The van der Waals surface area contributed by atoms with Crippen LogP contribution >= 0.6 is 0 Å². The monoisotopic (exact) mass is 498 g/mol. The van der Waals surface area contributed by atoms with Gasteiger partial charge in [-0.25, -0.2) is 0 Å². The first kappa shape index (κ1) is 26.7. The number of nitrogens with zero attached hydrogens (tertiary/aromatic N) is 2. The molecule has 0 aliphatic carbocycles. The summed E-state index contributed by atoms with van der Waals surface area (Å²) in [6, 6.07) is 14.6. The number of aryl methyl sites for hydroxylation is 3. The van der Waals surface area contributed by atoms with Gasteiger partial charge < -0.3 is 9.84 Å². The molecule has 37 heavy (non-hydrogen) atoms. The smallest absolute Gasteiger partial charge is 0.303 e. The molecule has 2 atom stereocenters. The van der Waals surface area contributed by atoms with Crippen LogP contribution in [0.5, 0.6) is 5.75 Å². The van der Waals surface area contributed by atoms with Crippen molar-refractivity contribution < 1.29 is 14.6 Å². The molecule has 3 aromatic rings. The number of piperidine rings is 1. The van der Waals surface area contributed by atoms with Gasteiger partial charge in [0.1, 0.15) is 5.75 Å². The summed E-state index contributed by atoms with van der Waals surface area (Å²) in [6.07, 6.45) is 7.13. The van der Waals surface area contributed by atoms with Gasteiger partial charge in [0.15, 0.2) is 0 Å². The Hall–Kier alpha value is -3.36. The third-order valence-electron chi connectivity index (χ3n) is 7.52. The van der Waals surface area contributed by atoms with Crippen LogP contribution in [0.4, 0.5) is 0 Å². The van der Waals surface area contributed by atoms with Gasteiger partial charge in [-0.15, -0.1) is 0 Å². The standard InChI is InChI=1S/C32H38N2O3/c1-23-18-24(2)20-25(19-23)6-5-16-34-17-14-26(28(22-34)9-12-32(35)36)7-4-8-27-13-15-33-31-11-10-29(37-3)21-30(27)31/h10-11,13,15,18-21,26,28H,4,7-9,12,14,16-17,22H2,1-3H3,(H,35,36). The van der Waals surface area contributed by atoms with Crippen molar-refractivity contribution in [1.82, 2.24) is 9.88 Å². The van der Waals surface area contributed by atoms with Crippen LogP contribution < -0.4 is 4.74 Å². The number of carbonyl (C=O) groups is 1. The topological polar surface area (TPSA) is 62.7 Å². The SMILES string of the molecule is COc1ccc2nccc(CCCC3CCN(CC#Cc4cc(C)cc(C)c4)CC3CCC(=O)O)c2c1. The molecule has 2 unspecified atom stereocenters. The van der Waals surface area contributed by atoms with Crippen molar-refractivity contribution in [2.75, 3.05) is 26.7 Å². The lowest BCUT2D eigenvalue weighted by Gasteiger charge is -2.38. The molecule has 0 spiro atoms. The molecule has 1 aliphatic heterocycles. The quantitative estimate of drug-likeness (QED) is 0.365. The van der Waals surface area contributed by atoms with Gasteiger partial charge >= 0.3 is 5.97 Å². The van der Waals surface area contributed by atoms with Gasteiger partial charge in [-0.3, -0.25) is 14.7 Å². The first-order valence-corrected chi connectivity index (χ1v) is 13.3. The molecule has 0 saturated carbocycles.